The van der Waals surface area contributed by atoms with E-state index in [2.05, 4.69) is 54.5 Å². The standard InChI is InChI=1S/C19H24N2O/c1-19(2)16(15-7-5-4-6-8-15)12-17(19)21-13-14-9-10-20-18(11-14)22-3/h4-11,16-17,21H,12-13H2,1-3H3/t16-,17-/m1/s1. The summed E-state index contributed by atoms with van der Waals surface area (Å²) in [5.41, 5.74) is 2.94. The first kappa shape index (κ1) is 15.0. The van der Waals surface area contributed by atoms with Crippen LogP contribution in [0.1, 0.15) is 37.3 Å². The van der Waals surface area contributed by atoms with Gasteiger partial charge in [0.15, 0.2) is 0 Å². The molecule has 116 valence electrons. The van der Waals surface area contributed by atoms with Crippen LogP contribution in [0.2, 0.25) is 0 Å². The Balaban J connectivity index is 1.61. The van der Waals surface area contributed by atoms with Crippen molar-refractivity contribution in [2.75, 3.05) is 7.11 Å². The quantitative estimate of drug-likeness (QED) is 0.912. The van der Waals surface area contributed by atoms with Crippen LogP contribution in [-0.4, -0.2) is 18.1 Å². The van der Waals surface area contributed by atoms with Crippen molar-refractivity contribution >= 4 is 0 Å². The number of ether oxygens (including phenoxy) is 1. The van der Waals surface area contributed by atoms with Crippen molar-refractivity contribution in [3.05, 3.63) is 59.8 Å². The molecule has 0 aliphatic heterocycles. The zero-order valence-corrected chi connectivity index (χ0v) is 13.5. The van der Waals surface area contributed by atoms with Gasteiger partial charge in [0.05, 0.1) is 7.11 Å². The van der Waals surface area contributed by atoms with Gasteiger partial charge in [0.2, 0.25) is 5.88 Å². The summed E-state index contributed by atoms with van der Waals surface area (Å²) in [4.78, 5) is 4.15. The molecule has 1 fully saturated rings. The molecule has 0 spiro atoms. The van der Waals surface area contributed by atoms with Crippen LogP contribution in [0.5, 0.6) is 5.88 Å². The van der Waals surface area contributed by atoms with Gasteiger partial charge in [0.25, 0.3) is 0 Å². The van der Waals surface area contributed by atoms with E-state index in [1.807, 2.05) is 12.1 Å². The van der Waals surface area contributed by atoms with Crippen molar-refractivity contribution in [3.63, 3.8) is 0 Å². The zero-order chi connectivity index (χ0) is 15.6. The second-order valence-corrected chi connectivity index (χ2v) is 6.66. The lowest BCUT2D eigenvalue weighted by Gasteiger charge is -2.53. The minimum atomic E-state index is 0.276. The Kier molecular flexibility index (Phi) is 4.16. The Morgan fingerprint density at radius 3 is 2.68 bits per heavy atom. The maximum absolute atomic E-state index is 5.18. The molecule has 0 bridgehead atoms. The summed E-state index contributed by atoms with van der Waals surface area (Å²) < 4.78 is 5.18. The maximum atomic E-state index is 5.18. The molecule has 1 aromatic heterocycles. The molecule has 1 aromatic carbocycles. The van der Waals surface area contributed by atoms with Crippen LogP contribution >= 0.6 is 0 Å². The minimum absolute atomic E-state index is 0.276. The average molecular weight is 296 g/mol. The van der Waals surface area contributed by atoms with Gasteiger partial charge in [-0.3, -0.25) is 0 Å². The van der Waals surface area contributed by atoms with Crippen LogP contribution in [0.25, 0.3) is 0 Å². The number of rotatable bonds is 5. The van der Waals surface area contributed by atoms with Crippen molar-refractivity contribution in [2.45, 2.75) is 38.8 Å². The zero-order valence-electron chi connectivity index (χ0n) is 13.5. The first-order valence-electron chi connectivity index (χ1n) is 7.88. The second kappa shape index (κ2) is 6.09. The number of methoxy groups -OCH3 is 1. The molecule has 3 heteroatoms. The van der Waals surface area contributed by atoms with Crippen molar-refractivity contribution < 1.29 is 4.74 Å². The Bertz CT molecular complexity index is 624. The molecule has 1 aliphatic rings. The van der Waals surface area contributed by atoms with Gasteiger partial charge in [-0.25, -0.2) is 4.98 Å². The molecule has 3 rings (SSSR count). The highest BCUT2D eigenvalue weighted by atomic mass is 16.5. The van der Waals surface area contributed by atoms with Gasteiger partial charge in [-0.05, 0) is 34.9 Å². The van der Waals surface area contributed by atoms with Crippen molar-refractivity contribution in [1.29, 1.82) is 0 Å². The number of benzene rings is 1. The first-order valence-corrected chi connectivity index (χ1v) is 7.88. The highest BCUT2D eigenvalue weighted by Gasteiger charge is 2.48. The molecular weight excluding hydrogens is 272 g/mol. The van der Waals surface area contributed by atoms with Gasteiger partial charge in [0, 0.05) is 24.8 Å². The predicted molar refractivity (Wildman–Crippen MR) is 89.0 cm³/mol. The smallest absolute Gasteiger partial charge is 0.213 e. The van der Waals surface area contributed by atoms with Crippen LogP contribution in [0.3, 0.4) is 0 Å². The average Bonchev–Trinajstić information content (AvgIpc) is 2.55. The number of pyridine rings is 1. The lowest BCUT2D eigenvalue weighted by atomic mass is 9.56. The molecule has 2 atom stereocenters. The molecule has 1 aliphatic carbocycles. The molecule has 0 saturated heterocycles. The third kappa shape index (κ3) is 2.86. The third-order valence-electron chi connectivity index (χ3n) is 5.03. The monoisotopic (exact) mass is 296 g/mol. The fourth-order valence-electron chi connectivity index (χ4n) is 3.44. The summed E-state index contributed by atoms with van der Waals surface area (Å²) in [5.74, 6) is 1.31. The van der Waals surface area contributed by atoms with Crippen molar-refractivity contribution in [1.82, 2.24) is 10.3 Å². The normalized spacial score (nSPS) is 22.9. The lowest BCUT2D eigenvalue weighted by molar-refractivity contribution is 0.0678. The number of aromatic nitrogens is 1. The van der Waals surface area contributed by atoms with E-state index in [9.17, 15) is 0 Å². The van der Waals surface area contributed by atoms with E-state index in [0.29, 0.717) is 17.8 Å². The molecule has 1 saturated carbocycles. The molecule has 2 aromatic rings. The molecule has 3 nitrogen and oxygen atoms in total. The summed E-state index contributed by atoms with van der Waals surface area (Å²) in [6.45, 7) is 5.58. The van der Waals surface area contributed by atoms with E-state index in [0.717, 1.165) is 6.54 Å². The molecule has 0 radical (unpaired) electrons. The summed E-state index contributed by atoms with van der Waals surface area (Å²) in [5, 5.41) is 3.69. The topological polar surface area (TPSA) is 34.1 Å². The Labute approximate surface area is 132 Å². The van der Waals surface area contributed by atoms with Crippen LogP contribution in [-0.2, 0) is 6.54 Å². The summed E-state index contributed by atoms with van der Waals surface area (Å²) in [7, 11) is 1.65. The van der Waals surface area contributed by atoms with Crippen LogP contribution < -0.4 is 10.1 Å². The molecule has 0 unspecified atom stereocenters. The van der Waals surface area contributed by atoms with Crippen molar-refractivity contribution in [3.8, 4) is 5.88 Å². The summed E-state index contributed by atoms with van der Waals surface area (Å²) in [6, 6.07) is 15.4. The number of hydrogen-bond acceptors (Lipinski definition) is 3. The fraction of sp³-hybridized carbons (Fsp3) is 0.421. The van der Waals surface area contributed by atoms with Gasteiger partial charge in [0.1, 0.15) is 0 Å². The van der Waals surface area contributed by atoms with Gasteiger partial charge >= 0.3 is 0 Å². The highest BCUT2D eigenvalue weighted by Crippen LogP contribution is 2.52. The molecule has 22 heavy (non-hydrogen) atoms. The van der Waals surface area contributed by atoms with Crippen LogP contribution in [0.4, 0.5) is 0 Å². The van der Waals surface area contributed by atoms with E-state index >= 15 is 0 Å². The number of nitrogens with zero attached hydrogens (tertiary/aromatic N) is 1. The van der Waals surface area contributed by atoms with E-state index < -0.39 is 0 Å². The largest absolute Gasteiger partial charge is 0.481 e. The van der Waals surface area contributed by atoms with Gasteiger partial charge < -0.3 is 10.1 Å². The molecule has 1 heterocycles. The maximum Gasteiger partial charge on any atom is 0.213 e. The second-order valence-electron chi connectivity index (χ2n) is 6.66. The van der Waals surface area contributed by atoms with Gasteiger partial charge in [-0.2, -0.15) is 0 Å². The van der Waals surface area contributed by atoms with E-state index in [4.69, 9.17) is 4.74 Å². The first-order chi connectivity index (χ1) is 10.6. The molecule has 1 N–H and O–H groups in total. The van der Waals surface area contributed by atoms with Gasteiger partial charge in [-0.15, -0.1) is 0 Å². The Hall–Kier alpha value is -1.87. The van der Waals surface area contributed by atoms with E-state index in [-0.39, 0.29) is 5.41 Å². The summed E-state index contributed by atoms with van der Waals surface area (Å²) in [6.07, 6.45) is 2.99. The van der Waals surface area contributed by atoms with Crippen LogP contribution in [0, 0.1) is 5.41 Å². The van der Waals surface area contributed by atoms with Gasteiger partial charge in [-0.1, -0.05) is 44.2 Å². The highest BCUT2D eigenvalue weighted by molar-refractivity contribution is 5.27. The Morgan fingerprint density at radius 2 is 2.00 bits per heavy atom. The molecular formula is C19H24N2O. The number of hydrogen-bond donors (Lipinski definition) is 1. The predicted octanol–water partition coefficient (Wildman–Crippen LogP) is 3.76. The number of nitrogens with one attached hydrogen (secondary N) is 1. The molecule has 0 amide bonds. The van der Waals surface area contributed by atoms with Crippen molar-refractivity contribution in [2.24, 2.45) is 5.41 Å². The van der Waals surface area contributed by atoms with Crippen LogP contribution in [0.15, 0.2) is 48.7 Å². The van der Waals surface area contributed by atoms with E-state index in [1.54, 1.807) is 13.3 Å². The lowest BCUT2D eigenvalue weighted by Crippen LogP contribution is -2.55. The summed E-state index contributed by atoms with van der Waals surface area (Å²) >= 11 is 0. The Morgan fingerprint density at radius 1 is 1.23 bits per heavy atom. The fourth-order valence-corrected chi connectivity index (χ4v) is 3.44. The minimum Gasteiger partial charge on any atom is -0.481 e. The third-order valence-corrected chi connectivity index (χ3v) is 5.03. The van der Waals surface area contributed by atoms with E-state index in [1.165, 1.54) is 17.5 Å². The SMILES string of the molecule is COc1cc(CN[C@@H]2C[C@H](c3ccccc3)C2(C)C)ccn1.